The molecule has 0 aromatic carbocycles. The molecule has 2 bridgehead atoms. The normalized spacial score (nSPS) is 41.3. The SMILES string of the molecule is C[C@@H]1CC[C@@]23CCC(=O)[C@H]2[C@]1(C)[C@H](OC(=O)CSC1CCCNCC1)C[C@](C)(CCCCCCCCN)[C@@H](O)[C@@H]3C. The highest BCUT2D eigenvalue weighted by Crippen LogP contribution is 2.68. The predicted molar refractivity (Wildman–Crippen MR) is 169 cm³/mol. The standard InChI is InChI=1S/C34H60N2O4S/c1-24-13-17-34-18-14-27(37)30(34)33(24,4)28(40-29(38)23-41-26-12-11-20-36-21-15-26)22-32(3,31(39)25(34)2)16-9-7-5-6-8-10-19-35/h24-26,28,30-31,36,39H,5-23,35H2,1-4H3/t24-,25+,26?,28-,30+,31+,32+,33+,34+/m1/s1. The molecule has 4 aliphatic rings. The van der Waals surface area contributed by atoms with Crippen LogP contribution in [0.1, 0.15) is 124 Å². The number of esters is 1. The second-order valence-electron chi connectivity index (χ2n) is 14.8. The van der Waals surface area contributed by atoms with E-state index in [1.54, 1.807) is 11.8 Å². The molecular formula is C34H60N2O4S. The first kappa shape index (κ1) is 33.3. The second-order valence-corrected chi connectivity index (χ2v) is 16.1. The average molecular weight is 593 g/mol. The average Bonchev–Trinajstić information content (AvgIpc) is 3.11. The van der Waals surface area contributed by atoms with E-state index >= 15 is 0 Å². The summed E-state index contributed by atoms with van der Waals surface area (Å²) in [6.45, 7) is 11.9. The third kappa shape index (κ3) is 7.04. The van der Waals surface area contributed by atoms with Crippen molar-refractivity contribution < 1.29 is 19.4 Å². The molecule has 6 nitrogen and oxygen atoms in total. The number of nitrogens with one attached hydrogen (secondary N) is 1. The van der Waals surface area contributed by atoms with Crippen LogP contribution in [-0.2, 0) is 14.3 Å². The van der Waals surface area contributed by atoms with Crippen molar-refractivity contribution in [3.63, 3.8) is 0 Å². The van der Waals surface area contributed by atoms with Gasteiger partial charge in [0, 0.05) is 23.0 Å². The molecule has 0 amide bonds. The van der Waals surface area contributed by atoms with E-state index in [-0.39, 0.29) is 40.7 Å². The van der Waals surface area contributed by atoms with Crippen molar-refractivity contribution in [2.24, 2.45) is 39.7 Å². The molecular weight excluding hydrogens is 532 g/mol. The Hall–Kier alpha value is -0.630. The molecule has 3 saturated carbocycles. The molecule has 3 aliphatic carbocycles. The lowest BCUT2D eigenvalue weighted by atomic mass is 9.43. The van der Waals surface area contributed by atoms with Crippen LogP contribution in [0.4, 0.5) is 0 Å². The summed E-state index contributed by atoms with van der Waals surface area (Å²) in [5.41, 5.74) is 4.70. The summed E-state index contributed by atoms with van der Waals surface area (Å²) < 4.78 is 6.56. The van der Waals surface area contributed by atoms with Gasteiger partial charge in [-0.3, -0.25) is 9.59 Å². The number of aliphatic hydroxyl groups is 1. The van der Waals surface area contributed by atoms with E-state index < -0.39 is 11.5 Å². The van der Waals surface area contributed by atoms with Gasteiger partial charge in [0.15, 0.2) is 0 Å². The van der Waals surface area contributed by atoms with Crippen molar-refractivity contribution in [1.82, 2.24) is 5.32 Å². The van der Waals surface area contributed by atoms with Gasteiger partial charge in [-0.1, -0.05) is 59.8 Å². The summed E-state index contributed by atoms with van der Waals surface area (Å²) in [6, 6.07) is 0. The number of nitrogens with two attached hydrogens (primary N) is 1. The zero-order valence-electron chi connectivity index (χ0n) is 26.6. The third-order valence-corrected chi connectivity index (χ3v) is 13.7. The number of hydrogen-bond acceptors (Lipinski definition) is 7. The number of unbranched alkanes of at least 4 members (excludes halogenated alkanes) is 5. The van der Waals surface area contributed by atoms with Gasteiger partial charge in [0.05, 0.1) is 11.9 Å². The number of ether oxygens (including phenoxy) is 1. The molecule has 4 fully saturated rings. The van der Waals surface area contributed by atoms with Crippen LogP contribution in [0.15, 0.2) is 0 Å². The molecule has 0 radical (unpaired) electrons. The first-order valence-electron chi connectivity index (χ1n) is 17.0. The number of carbonyl (C=O) groups excluding carboxylic acids is 2. The van der Waals surface area contributed by atoms with Gasteiger partial charge >= 0.3 is 5.97 Å². The Morgan fingerprint density at radius 2 is 1.78 bits per heavy atom. The zero-order valence-corrected chi connectivity index (χ0v) is 27.4. The Kier molecular flexibility index (Phi) is 11.7. The maximum absolute atomic E-state index is 13.7. The highest BCUT2D eigenvalue weighted by molar-refractivity contribution is 8.00. The van der Waals surface area contributed by atoms with Gasteiger partial charge in [0.25, 0.3) is 0 Å². The van der Waals surface area contributed by atoms with Crippen LogP contribution in [0.25, 0.3) is 0 Å². The summed E-state index contributed by atoms with van der Waals surface area (Å²) in [5.74, 6) is 0.757. The lowest BCUT2D eigenvalue weighted by molar-refractivity contribution is -0.211. The zero-order chi connectivity index (χ0) is 29.7. The van der Waals surface area contributed by atoms with Gasteiger partial charge in [-0.25, -0.2) is 0 Å². The Morgan fingerprint density at radius 3 is 2.54 bits per heavy atom. The van der Waals surface area contributed by atoms with Crippen LogP contribution in [-0.4, -0.2) is 59.7 Å². The fraction of sp³-hybridized carbons (Fsp3) is 0.941. The predicted octanol–water partition coefficient (Wildman–Crippen LogP) is 6.27. The van der Waals surface area contributed by atoms with Crippen molar-refractivity contribution in [2.75, 3.05) is 25.4 Å². The lowest BCUT2D eigenvalue weighted by Crippen LogP contribution is -2.63. The lowest BCUT2D eigenvalue weighted by Gasteiger charge is -2.62. The summed E-state index contributed by atoms with van der Waals surface area (Å²) in [4.78, 5) is 27.3. The number of thioether (sulfide) groups is 1. The molecule has 7 heteroatoms. The first-order valence-corrected chi connectivity index (χ1v) is 18.1. The maximum atomic E-state index is 13.7. The highest BCUT2D eigenvalue weighted by atomic mass is 32.2. The van der Waals surface area contributed by atoms with Crippen LogP contribution in [0.3, 0.4) is 0 Å². The van der Waals surface area contributed by atoms with Crippen LogP contribution >= 0.6 is 11.8 Å². The van der Waals surface area contributed by atoms with E-state index in [2.05, 4.69) is 33.0 Å². The van der Waals surface area contributed by atoms with E-state index in [1.807, 2.05) is 0 Å². The molecule has 4 rings (SSSR count). The minimum Gasteiger partial charge on any atom is -0.461 e. The first-order chi connectivity index (χ1) is 19.6. The van der Waals surface area contributed by atoms with E-state index in [1.165, 1.54) is 19.3 Å². The minimum atomic E-state index is -0.514. The number of aliphatic hydroxyl groups excluding tert-OH is 1. The number of ketones is 1. The van der Waals surface area contributed by atoms with Crippen molar-refractivity contribution in [1.29, 1.82) is 0 Å². The van der Waals surface area contributed by atoms with Crippen LogP contribution in [0, 0.1) is 34.0 Å². The summed E-state index contributed by atoms with van der Waals surface area (Å²) in [6.07, 6.45) is 14.4. The molecule has 0 aromatic rings. The van der Waals surface area contributed by atoms with E-state index in [0.29, 0.717) is 29.6 Å². The van der Waals surface area contributed by atoms with E-state index in [4.69, 9.17) is 10.5 Å². The van der Waals surface area contributed by atoms with Crippen molar-refractivity contribution in [2.45, 2.75) is 141 Å². The molecule has 4 N–H and O–H groups in total. The van der Waals surface area contributed by atoms with Gasteiger partial charge in [0.2, 0.25) is 0 Å². The summed E-state index contributed by atoms with van der Waals surface area (Å²) >= 11 is 1.75. The topological polar surface area (TPSA) is 102 Å². The molecule has 1 saturated heterocycles. The van der Waals surface area contributed by atoms with Crippen molar-refractivity contribution in [3.8, 4) is 0 Å². The molecule has 41 heavy (non-hydrogen) atoms. The molecule has 0 spiro atoms. The van der Waals surface area contributed by atoms with Crippen LogP contribution < -0.4 is 11.1 Å². The Bertz CT molecular complexity index is 879. The van der Waals surface area contributed by atoms with Gasteiger partial charge in [-0.15, -0.1) is 11.8 Å². The maximum Gasteiger partial charge on any atom is 0.316 e. The molecule has 1 aliphatic heterocycles. The van der Waals surface area contributed by atoms with Gasteiger partial charge < -0.3 is 20.9 Å². The second kappa shape index (κ2) is 14.4. The third-order valence-electron chi connectivity index (χ3n) is 12.3. The monoisotopic (exact) mass is 592 g/mol. The number of hydrogen-bond donors (Lipinski definition) is 3. The Morgan fingerprint density at radius 1 is 1.05 bits per heavy atom. The Balaban J connectivity index is 1.56. The van der Waals surface area contributed by atoms with Gasteiger partial charge in [-0.2, -0.15) is 0 Å². The molecule has 9 atom stereocenters. The summed E-state index contributed by atoms with van der Waals surface area (Å²) in [5, 5.41) is 16.1. The van der Waals surface area contributed by atoms with E-state index in [9.17, 15) is 14.7 Å². The molecule has 0 aromatic heterocycles. The molecule has 236 valence electrons. The largest absolute Gasteiger partial charge is 0.461 e. The quantitative estimate of drug-likeness (QED) is 0.181. The Labute approximate surface area is 254 Å². The molecule has 1 heterocycles. The van der Waals surface area contributed by atoms with Crippen LogP contribution in [0.5, 0.6) is 0 Å². The number of Topliss-reactive ketones (excluding diaryl/α,β-unsaturated/α-hetero) is 1. The number of carbonyl (C=O) groups is 2. The smallest absolute Gasteiger partial charge is 0.316 e. The fourth-order valence-electron chi connectivity index (χ4n) is 9.52. The van der Waals surface area contributed by atoms with Gasteiger partial charge in [-0.05, 0) is 100 Å². The van der Waals surface area contributed by atoms with Gasteiger partial charge in [0.1, 0.15) is 11.9 Å². The fourth-order valence-corrected chi connectivity index (χ4v) is 10.6. The molecule has 1 unspecified atom stereocenters. The van der Waals surface area contributed by atoms with E-state index in [0.717, 1.165) is 83.8 Å². The summed E-state index contributed by atoms with van der Waals surface area (Å²) in [7, 11) is 0. The van der Waals surface area contributed by atoms with Crippen molar-refractivity contribution >= 4 is 23.5 Å². The number of rotatable bonds is 12. The van der Waals surface area contributed by atoms with Crippen molar-refractivity contribution in [3.05, 3.63) is 0 Å². The van der Waals surface area contributed by atoms with Crippen LogP contribution in [0.2, 0.25) is 0 Å². The minimum absolute atomic E-state index is 0.0522. The highest BCUT2D eigenvalue weighted by Gasteiger charge is 2.68.